The van der Waals surface area contributed by atoms with Crippen LogP contribution in [0.5, 0.6) is 0 Å². The SMILES string of the molecule is C=C/C=C(\C=NC)C(C)O. The highest BCUT2D eigenvalue weighted by Gasteiger charge is 1.97. The van der Waals surface area contributed by atoms with Crippen molar-refractivity contribution < 1.29 is 5.11 Å². The zero-order chi connectivity index (χ0) is 7.98. The van der Waals surface area contributed by atoms with Crippen LogP contribution >= 0.6 is 0 Å². The molecule has 0 radical (unpaired) electrons. The van der Waals surface area contributed by atoms with Gasteiger partial charge in [-0.05, 0) is 12.5 Å². The number of rotatable bonds is 3. The molecular weight excluding hydrogens is 126 g/mol. The summed E-state index contributed by atoms with van der Waals surface area (Å²) in [5.41, 5.74) is 0.775. The molecule has 0 aliphatic carbocycles. The van der Waals surface area contributed by atoms with Gasteiger partial charge in [-0.25, -0.2) is 0 Å². The van der Waals surface area contributed by atoms with Crippen LogP contribution in [0.2, 0.25) is 0 Å². The van der Waals surface area contributed by atoms with Gasteiger partial charge in [-0.15, -0.1) is 0 Å². The Morgan fingerprint density at radius 3 is 2.60 bits per heavy atom. The predicted molar refractivity (Wildman–Crippen MR) is 44.4 cm³/mol. The van der Waals surface area contributed by atoms with E-state index < -0.39 is 6.10 Å². The summed E-state index contributed by atoms with van der Waals surface area (Å²) < 4.78 is 0. The van der Waals surface area contributed by atoms with Crippen molar-refractivity contribution in [1.29, 1.82) is 0 Å². The molecule has 0 rings (SSSR count). The monoisotopic (exact) mass is 139 g/mol. The second-order valence-electron chi connectivity index (χ2n) is 1.97. The van der Waals surface area contributed by atoms with Gasteiger partial charge >= 0.3 is 0 Å². The predicted octanol–water partition coefficient (Wildman–Crippen LogP) is 1.18. The minimum Gasteiger partial charge on any atom is -0.389 e. The third-order valence-corrected chi connectivity index (χ3v) is 1.07. The molecule has 1 unspecified atom stereocenters. The normalized spacial score (nSPS) is 15.7. The van der Waals surface area contributed by atoms with Crippen molar-refractivity contribution in [3.8, 4) is 0 Å². The Kier molecular flexibility index (Phi) is 4.50. The van der Waals surface area contributed by atoms with Gasteiger partial charge in [0.25, 0.3) is 0 Å². The summed E-state index contributed by atoms with van der Waals surface area (Å²) >= 11 is 0. The first kappa shape index (κ1) is 9.11. The van der Waals surface area contributed by atoms with E-state index in [1.54, 1.807) is 32.3 Å². The van der Waals surface area contributed by atoms with Crippen LogP contribution in [0.15, 0.2) is 29.3 Å². The van der Waals surface area contributed by atoms with Crippen LogP contribution in [0.3, 0.4) is 0 Å². The second kappa shape index (κ2) is 4.94. The zero-order valence-corrected chi connectivity index (χ0v) is 6.41. The standard InChI is InChI=1S/C8H13NO/c1-4-5-8(6-9-3)7(2)10/h4-7,10H,1H2,2-3H3/b8-5+,9-6?. The summed E-state index contributed by atoms with van der Waals surface area (Å²) in [4.78, 5) is 3.77. The number of aliphatic hydroxyl groups excluding tert-OH is 1. The van der Waals surface area contributed by atoms with E-state index in [0.29, 0.717) is 0 Å². The van der Waals surface area contributed by atoms with Crippen LogP contribution in [0.25, 0.3) is 0 Å². The van der Waals surface area contributed by atoms with E-state index in [1.165, 1.54) is 0 Å². The molecule has 56 valence electrons. The lowest BCUT2D eigenvalue weighted by molar-refractivity contribution is 0.238. The van der Waals surface area contributed by atoms with Crippen molar-refractivity contribution in [2.45, 2.75) is 13.0 Å². The molecule has 2 heteroatoms. The van der Waals surface area contributed by atoms with Crippen LogP contribution < -0.4 is 0 Å². The average molecular weight is 139 g/mol. The lowest BCUT2D eigenvalue weighted by Gasteiger charge is -2.01. The van der Waals surface area contributed by atoms with E-state index in [9.17, 15) is 0 Å². The molecule has 0 aromatic heterocycles. The van der Waals surface area contributed by atoms with Crippen molar-refractivity contribution in [3.05, 3.63) is 24.3 Å². The minimum absolute atomic E-state index is 0.471. The maximum Gasteiger partial charge on any atom is 0.0776 e. The molecule has 0 bridgehead atoms. The van der Waals surface area contributed by atoms with Gasteiger partial charge in [-0.3, -0.25) is 4.99 Å². The number of aliphatic hydroxyl groups is 1. The molecule has 0 aliphatic heterocycles. The highest BCUT2D eigenvalue weighted by atomic mass is 16.3. The summed E-state index contributed by atoms with van der Waals surface area (Å²) in [6.07, 6.45) is 4.51. The molecule has 10 heavy (non-hydrogen) atoms. The highest BCUT2D eigenvalue weighted by molar-refractivity contribution is 5.79. The summed E-state index contributed by atoms with van der Waals surface area (Å²) in [5.74, 6) is 0. The van der Waals surface area contributed by atoms with Crippen molar-refractivity contribution in [2.75, 3.05) is 7.05 Å². The fraction of sp³-hybridized carbons (Fsp3) is 0.375. The molecule has 1 N–H and O–H groups in total. The second-order valence-corrected chi connectivity index (χ2v) is 1.97. The first-order chi connectivity index (χ1) is 4.72. The van der Waals surface area contributed by atoms with E-state index >= 15 is 0 Å². The first-order valence-corrected chi connectivity index (χ1v) is 3.15. The summed E-state index contributed by atoms with van der Waals surface area (Å²) in [5, 5.41) is 9.07. The van der Waals surface area contributed by atoms with E-state index in [0.717, 1.165) is 5.57 Å². The largest absolute Gasteiger partial charge is 0.389 e. The van der Waals surface area contributed by atoms with Gasteiger partial charge in [0.1, 0.15) is 0 Å². The van der Waals surface area contributed by atoms with Crippen LogP contribution in [0.4, 0.5) is 0 Å². The number of nitrogens with zero attached hydrogens (tertiary/aromatic N) is 1. The molecule has 0 fully saturated rings. The molecule has 0 saturated heterocycles. The summed E-state index contributed by atoms with van der Waals surface area (Å²) in [6, 6.07) is 0. The topological polar surface area (TPSA) is 32.6 Å². The molecule has 2 nitrogen and oxygen atoms in total. The molecular formula is C8H13NO. The molecule has 1 atom stereocenters. The summed E-state index contributed by atoms with van der Waals surface area (Å²) in [6.45, 7) is 5.21. The van der Waals surface area contributed by atoms with Gasteiger partial charge in [-0.1, -0.05) is 18.7 Å². The third kappa shape index (κ3) is 3.20. The van der Waals surface area contributed by atoms with E-state index in [-0.39, 0.29) is 0 Å². The Labute approximate surface area is 61.6 Å². The number of aliphatic imine (C=N–C) groups is 1. The van der Waals surface area contributed by atoms with Gasteiger partial charge < -0.3 is 5.11 Å². The molecule has 0 amide bonds. The van der Waals surface area contributed by atoms with Crippen LogP contribution in [-0.4, -0.2) is 24.5 Å². The van der Waals surface area contributed by atoms with Gasteiger partial charge in [0.05, 0.1) is 6.10 Å². The van der Waals surface area contributed by atoms with Gasteiger partial charge in [-0.2, -0.15) is 0 Å². The minimum atomic E-state index is -0.471. The van der Waals surface area contributed by atoms with Crippen LogP contribution in [-0.2, 0) is 0 Å². The van der Waals surface area contributed by atoms with Crippen molar-refractivity contribution >= 4 is 6.21 Å². The fourth-order valence-corrected chi connectivity index (χ4v) is 0.575. The fourth-order valence-electron chi connectivity index (χ4n) is 0.575. The number of hydrogen-bond acceptors (Lipinski definition) is 2. The Morgan fingerprint density at radius 1 is 1.70 bits per heavy atom. The van der Waals surface area contributed by atoms with Gasteiger partial charge in [0.2, 0.25) is 0 Å². The molecule has 0 aromatic rings. The van der Waals surface area contributed by atoms with Crippen LogP contribution in [0.1, 0.15) is 6.92 Å². The Hall–Kier alpha value is -0.890. The van der Waals surface area contributed by atoms with Gasteiger partial charge in [0.15, 0.2) is 0 Å². The maximum atomic E-state index is 9.07. The lowest BCUT2D eigenvalue weighted by Crippen LogP contribution is -2.05. The number of allylic oxidation sites excluding steroid dienone is 2. The molecule has 0 aromatic carbocycles. The van der Waals surface area contributed by atoms with E-state index in [4.69, 9.17) is 5.11 Å². The Morgan fingerprint density at radius 2 is 2.30 bits per heavy atom. The zero-order valence-electron chi connectivity index (χ0n) is 6.41. The summed E-state index contributed by atoms with van der Waals surface area (Å²) in [7, 11) is 1.67. The maximum absolute atomic E-state index is 9.07. The van der Waals surface area contributed by atoms with Crippen LogP contribution in [0, 0.1) is 0 Å². The van der Waals surface area contributed by atoms with E-state index in [1.807, 2.05) is 0 Å². The molecule has 0 saturated carbocycles. The van der Waals surface area contributed by atoms with E-state index in [2.05, 4.69) is 11.6 Å². The Balaban J connectivity index is 4.25. The van der Waals surface area contributed by atoms with Crippen molar-refractivity contribution in [1.82, 2.24) is 0 Å². The first-order valence-electron chi connectivity index (χ1n) is 3.15. The third-order valence-electron chi connectivity index (χ3n) is 1.07. The molecule has 0 spiro atoms. The average Bonchev–Trinajstić information content (AvgIpc) is 1.87. The van der Waals surface area contributed by atoms with Gasteiger partial charge in [0, 0.05) is 13.3 Å². The Bertz CT molecular complexity index is 157. The quantitative estimate of drug-likeness (QED) is 0.462. The lowest BCUT2D eigenvalue weighted by atomic mass is 10.2. The van der Waals surface area contributed by atoms with Crippen molar-refractivity contribution in [3.63, 3.8) is 0 Å². The smallest absolute Gasteiger partial charge is 0.0776 e. The number of hydrogen-bond donors (Lipinski definition) is 1. The molecule has 0 heterocycles. The highest BCUT2D eigenvalue weighted by Crippen LogP contribution is 1.97. The molecule has 0 aliphatic rings. The van der Waals surface area contributed by atoms with Crippen molar-refractivity contribution in [2.24, 2.45) is 4.99 Å².